The Bertz CT molecular complexity index is 341. The van der Waals surface area contributed by atoms with E-state index in [1.165, 1.54) is 0 Å². The van der Waals surface area contributed by atoms with Gasteiger partial charge in [0.2, 0.25) is 0 Å². The third-order valence-electron chi connectivity index (χ3n) is 2.39. The zero-order valence-corrected chi connectivity index (χ0v) is 10.3. The third-order valence-corrected chi connectivity index (χ3v) is 3.23. The molecule has 2 nitrogen and oxygen atoms in total. The molecule has 2 atom stereocenters. The highest BCUT2D eigenvalue weighted by molar-refractivity contribution is 6.42. The molecule has 0 saturated carbocycles. The number of aliphatic hydroxyl groups is 1. The Hall–Kier alpha value is -0.280. The fourth-order valence-corrected chi connectivity index (χ4v) is 1.81. The van der Waals surface area contributed by atoms with E-state index in [2.05, 4.69) is 0 Å². The van der Waals surface area contributed by atoms with Gasteiger partial charge in [-0.15, -0.1) is 0 Å². The summed E-state index contributed by atoms with van der Waals surface area (Å²) in [5, 5.41) is 10.7. The molecule has 0 saturated heterocycles. The van der Waals surface area contributed by atoms with E-state index in [-0.39, 0.29) is 5.92 Å². The molecule has 1 aromatic carbocycles. The molecule has 0 amide bonds. The van der Waals surface area contributed by atoms with Crippen LogP contribution in [0.4, 0.5) is 0 Å². The van der Waals surface area contributed by atoms with Crippen molar-refractivity contribution < 1.29 is 5.11 Å². The molecule has 4 heteroatoms. The van der Waals surface area contributed by atoms with Crippen LogP contribution in [0.2, 0.25) is 10.0 Å². The lowest BCUT2D eigenvalue weighted by molar-refractivity contribution is 0.0980. The second-order valence-electron chi connectivity index (χ2n) is 3.90. The maximum atomic E-state index is 9.84. The molecular weight excluding hydrogens is 233 g/mol. The monoisotopic (exact) mass is 247 g/mol. The molecule has 0 unspecified atom stereocenters. The number of halogens is 2. The highest BCUT2D eigenvalue weighted by Gasteiger charge is 2.22. The number of rotatable bonds is 3. The Labute approximate surface area is 100.0 Å². The summed E-state index contributed by atoms with van der Waals surface area (Å²) >= 11 is 11.9. The summed E-state index contributed by atoms with van der Waals surface area (Å²) in [6, 6.07) is 4.75. The van der Waals surface area contributed by atoms with Crippen LogP contribution in [0.25, 0.3) is 0 Å². The summed E-state index contributed by atoms with van der Waals surface area (Å²) in [5.41, 5.74) is 6.60. The van der Waals surface area contributed by atoms with Gasteiger partial charge in [0.05, 0.1) is 22.2 Å². The quantitative estimate of drug-likeness (QED) is 0.863. The Kier molecular flexibility index (Phi) is 4.41. The first-order valence-electron chi connectivity index (χ1n) is 4.82. The van der Waals surface area contributed by atoms with Crippen molar-refractivity contribution in [1.82, 2.24) is 0 Å². The molecule has 3 N–H and O–H groups in total. The molecule has 0 aliphatic heterocycles. The second kappa shape index (κ2) is 5.17. The summed E-state index contributed by atoms with van der Waals surface area (Å²) < 4.78 is 0. The van der Waals surface area contributed by atoms with Crippen LogP contribution in [-0.4, -0.2) is 11.2 Å². The van der Waals surface area contributed by atoms with Crippen molar-refractivity contribution in [2.45, 2.75) is 26.0 Å². The molecule has 0 bridgehead atoms. The topological polar surface area (TPSA) is 46.2 Å². The molecule has 15 heavy (non-hydrogen) atoms. The van der Waals surface area contributed by atoms with E-state index >= 15 is 0 Å². The van der Waals surface area contributed by atoms with Crippen LogP contribution < -0.4 is 5.73 Å². The zero-order chi connectivity index (χ0) is 11.6. The summed E-state index contributed by atoms with van der Waals surface area (Å²) in [6.07, 6.45) is -0.624. The minimum atomic E-state index is -0.624. The first kappa shape index (κ1) is 12.8. The van der Waals surface area contributed by atoms with Gasteiger partial charge in [-0.3, -0.25) is 0 Å². The molecule has 0 aliphatic rings. The van der Waals surface area contributed by atoms with Crippen molar-refractivity contribution in [1.29, 1.82) is 0 Å². The van der Waals surface area contributed by atoms with Crippen molar-refractivity contribution in [3.05, 3.63) is 33.8 Å². The van der Waals surface area contributed by atoms with E-state index in [1.807, 2.05) is 13.8 Å². The zero-order valence-electron chi connectivity index (χ0n) is 8.74. The van der Waals surface area contributed by atoms with Crippen LogP contribution in [0.5, 0.6) is 0 Å². The molecule has 0 spiro atoms. The maximum absolute atomic E-state index is 9.84. The highest BCUT2D eigenvalue weighted by atomic mass is 35.5. The van der Waals surface area contributed by atoms with Crippen LogP contribution in [0, 0.1) is 5.92 Å². The fourth-order valence-electron chi connectivity index (χ4n) is 1.38. The normalized spacial score (nSPS) is 15.4. The smallest absolute Gasteiger partial charge is 0.0756 e. The van der Waals surface area contributed by atoms with Gasteiger partial charge in [0.1, 0.15) is 0 Å². The second-order valence-corrected chi connectivity index (χ2v) is 4.69. The highest BCUT2D eigenvalue weighted by Crippen LogP contribution is 2.31. The number of aliphatic hydroxyl groups excluding tert-OH is 1. The molecule has 0 fully saturated rings. The minimum Gasteiger partial charge on any atom is -0.391 e. The number of benzene rings is 1. The van der Waals surface area contributed by atoms with Crippen LogP contribution in [0.3, 0.4) is 0 Å². The molecule has 0 heterocycles. The van der Waals surface area contributed by atoms with Gasteiger partial charge >= 0.3 is 0 Å². The average molecular weight is 248 g/mol. The Morgan fingerprint density at radius 3 is 2.40 bits per heavy atom. The predicted molar refractivity (Wildman–Crippen MR) is 64.2 cm³/mol. The molecular formula is C11H15Cl2NO. The minimum absolute atomic E-state index is 0.0787. The Morgan fingerprint density at radius 2 is 1.87 bits per heavy atom. The van der Waals surface area contributed by atoms with Crippen molar-refractivity contribution in [3.8, 4) is 0 Å². The number of nitrogens with two attached hydrogens (primary N) is 1. The van der Waals surface area contributed by atoms with Gasteiger partial charge in [-0.1, -0.05) is 49.2 Å². The van der Waals surface area contributed by atoms with Crippen LogP contribution in [0.1, 0.15) is 25.5 Å². The van der Waals surface area contributed by atoms with Gasteiger partial charge < -0.3 is 10.8 Å². The predicted octanol–water partition coefficient (Wildman–Crippen LogP) is 3.01. The maximum Gasteiger partial charge on any atom is 0.0756 e. The van der Waals surface area contributed by atoms with Gasteiger partial charge in [0.25, 0.3) is 0 Å². The first-order chi connectivity index (χ1) is 6.95. The lowest BCUT2D eigenvalue weighted by Gasteiger charge is -2.23. The fraction of sp³-hybridized carbons (Fsp3) is 0.455. The van der Waals surface area contributed by atoms with Crippen molar-refractivity contribution >= 4 is 23.2 Å². The average Bonchev–Trinajstić information content (AvgIpc) is 2.20. The standard InChI is InChI=1S/C11H15Cl2NO/c1-6(2)11(15)10(14)7-4-3-5-8(12)9(7)13/h3-6,10-11,15H,14H2,1-2H3/t10-,11+/m0/s1. The Morgan fingerprint density at radius 1 is 1.27 bits per heavy atom. The summed E-state index contributed by atoms with van der Waals surface area (Å²) in [7, 11) is 0. The van der Waals surface area contributed by atoms with Gasteiger partial charge in [-0.2, -0.15) is 0 Å². The van der Waals surface area contributed by atoms with Crippen molar-refractivity contribution in [2.24, 2.45) is 11.7 Å². The van der Waals surface area contributed by atoms with Crippen LogP contribution in [0.15, 0.2) is 18.2 Å². The van der Waals surface area contributed by atoms with Crippen molar-refractivity contribution in [2.75, 3.05) is 0 Å². The summed E-state index contributed by atoms with van der Waals surface area (Å²) in [5.74, 6) is 0.0787. The largest absolute Gasteiger partial charge is 0.391 e. The molecule has 0 aliphatic carbocycles. The number of hydrogen-bond donors (Lipinski definition) is 2. The Balaban J connectivity index is 3.01. The van der Waals surface area contributed by atoms with Gasteiger partial charge in [0.15, 0.2) is 0 Å². The van der Waals surface area contributed by atoms with E-state index in [0.717, 1.165) is 0 Å². The number of hydrogen-bond acceptors (Lipinski definition) is 2. The van der Waals surface area contributed by atoms with E-state index < -0.39 is 12.1 Å². The van der Waals surface area contributed by atoms with E-state index in [0.29, 0.717) is 15.6 Å². The lowest BCUT2D eigenvalue weighted by Crippen LogP contribution is -2.30. The third kappa shape index (κ3) is 2.85. The summed E-state index contributed by atoms with van der Waals surface area (Å²) in [6.45, 7) is 3.81. The van der Waals surface area contributed by atoms with Crippen molar-refractivity contribution in [3.63, 3.8) is 0 Å². The first-order valence-corrected chi connectivity index (χ1v) is 5.58. The summed E-state index contributed by atoms with van der Waals surface area (Å²) in [4.78, 5) is 0. The molecule has 1 rings (SSSR count). The SMILES string of the molecule is CC(C)[C@@H](O)[C@@H](N)c1cccc(Cl)c1Cl. The van der Waals surface area contributed by atoms with E-state index in [4.69, 9.17) is 28.9 Å². The van der Waals surface area contributed by atoms with Crippen LogP contribution >= 0.6 is 23.2 Å². The molecule has 1 aromatic rings. The van der Waals surface area contributed by atoms with Gasteiger partial charge in [-0.05, 0) is 17.5 Å². The van der Waals surface area contributed by atoms with E-state index in [1.54, 1.807) is 18.2 Å². The van der Waals surface area contributed by atoms with Gasteiger partial charge in [-0.25, -0.2) is 0 Å². The molecule has 0 aromatic heterocycles. The van der Waals surface area contributed by atoms with Gasteiger partial charge in [0, 0.05) is 0 Å². The van der Waals surface area contributed by atoms with Crippen LogP contribution in [-0.2, 0) is 0 Å². The van der Waals surface area contributed by atoms with E-state index in [9.17, 15) is 5.11 Å². The molecule has 84 valence electrons. The molecule has 0 radical (unpaired) electrons. The lowest BCUT2D eigenvalue weighted by atomic mass is 9.94.